The molecule has 2 rings (SSSR count). The van der Waals surface area contributed by atoms with E-state index in [2.05, 4.69) is 4.98 Å². The molecule has 0 aliphatic carbocycles. The SMILES string of the molecule is O=c1[nH]c2ccc([N+](=O)[O-])cc2c(=O)n1O. The molecule has 0 fully saturated rings. The van der Waals surface area contributed by atoms with Gasteiger partial charge >= 0.3 is 5.69 Å². The molecule has 82 valence electrons. The Hall–Kier alpha value is -2.64. The Labute approximate surface area is 86.5 Å². The van der Waals surface area contributed by atoms with E-state index in [4.69, 9.17) is 5.21 Å². The lowest BCUT2D eigenvalue weighted by atomic mass is 10.2. The molecule has 2 N–H and O–H groups in total. The second kappa shape index (κ2) is 3.19. The van der Waals surface area contributed by atoms with Gasteiger partial charge in [-0.25, -0.2) is 4.79 Å². The lowest BCUT2D eigenvalue weighted by Crippen LogP contribution is -2.33. The van der Waals surface area contributed by atoms with Gasteiger partial charge in [-0.2, -0.15) is 0 Å². The third-order valence-electron chi connectivity index (χ3n) is 2.07. The molecular weight excluding hydrogens is 218 g/mol. The molecular formula is C8H5N3O5. The van der Waals surface area contributed by atoms with Crippen molar-refractivity contribution in [1.82, 2.24) is 9.71 Å². The maximum atomic E-state index is 11.4. The van der Waals surface area contributed by atoms with Gasteiger partial charge in [0.25, 0.3) is 11.2 Å². The van der Waals surface area contributed by atoms with Crippen LogP contribution in [0.25, 0.3) is 10.9 Å². The van der Waals surface area contributed by atoms with Crippen molar-refractivity contribution >= 4 is 16.6 Å². The maximum absolute atomic E-state index is 11.4. The number of hydrogen-bond acceptors (Lipinski definition) is 5. The van der Waals surface area contributed by atoms with Gasteiger partial charge in [0.05, 0.1) is 15.8 Å². The number of aromatic amines is 1. The number of H-pyrrole nitrogens is 1. The second-order valence-electron chi connectivity index (χ2n) is 3.03. The van der Waals surface area contributed by atoms with Gasteiger partial charge in [0.1, 0.15) is 0 Å². The van der Waals surface area contributed by atoms with Crippen LogP contribution in [0.15, 0.2) is 27.8 Å². The Morgan fingerprint density at radius 3 is 2.69 bits per heavy atom. The molecule has 0 radical (unpaired) electrons. The summed E-state index contributed by atoms with van der Waals surface area (Å²) >= 11 is 0. The summed E-state index contributed by atoms with van der Waals surface area (Å²) in [5.41, 5.74) is -2.16. The van der Waals surface area contributed by atoms with Crippen LogP contribution in [-0.4, -0.2) is 19.8 Å². The van der Waals surface area contributed by atoms with Crippen molar-refractivity contribution in [3.8, 4) is 0 Å². The molecule has 0 aliphatic rings. The van der Waals surface area contributed by atoms with Gasteiger partial charge in [-0.1, -0.05) is 4.73 Å². The standard InChI is InChI=1S/C8H5N3O5/c12-7-5-3-4(11(15)16)1-2-6(5)9-8(13)10(7)14/h1-3,14H,(H,9,13). The minimum Gasteiger partial charge on any atom is -0.421 e. The Kier molecular flexibility index (Phi) is 1.97. The highest BCUT2D eigenvalue weighted by atomic mass is 16.6. The number of hydrogen-bond donors (Lipinski definition) is 2. The number of fused-ring (bicyclic) bond motifs is 1. The number of non-ortho nitro benzene ring substituents is 1. The molecule has 0 spiro atoms. The van der Waals surface area contributed by atoms with Crippen LogP contribution >= 0.6 is 0 Å². The molecule has 0 aliphatic heterocycles. The highest BCUT2D eigenvalue weighted by Crippen LogP contribution is 2.15. The molecule has 1 aromatic heterocycles. The highest BCUT2D eigenvalue weighted by molar-refractivity contribution is 5.79. The summed E-state index contributed by atoms with van der Waals surface area (Å²) in [5.74, 6) is 0. The first kappa shape index (κ1) is 9.90. The van der Waals surface area contributed by atoms with Gasteiger partial charge in [-0.05, 0) is 6.07 Å². The molecule has 0 saturated carbocycles. The summed E-state index contributed by atoms with van der Waals surface area (Å²) in [6.45, 7) is 0. The van der Waals surface area contributed by atoms with Crippen LogP contribution in [-0.2, 0) is 0 Å². The van der Waals surface area contributed by atoms with Gasteiger partial charge in [0.15, 0.2) is 0 Å². The Morgan fingerprint density at radius 2 is 2.06 bits per heavy atom. The third kappa shape index (κ3) is 1.32. The number of rotatable bonds is 1. The normalized spacial score (nSPS) is 10.5. The topological polar surface area (TPSA) is 118 Å². The lowest BCUT2D eigenvalue weighted by molar-refractivity contribution is -0.384. The van der Waals surface area contributed by atoms with Crippen molar-refractivity contribution < 1.29 is 10.1 Å². The highest BCUT2D eigenvalue weighted by Gasteiger charge is 2.11. The maximum Gasteiger partial charge on any atom is 0.362 e. The number of aromatic nitrogens is 2. The minimum atomic E-state index is -0.998. The summed E-state index contributed by atoms with van der Waals surface area (Å²) in [4.78, 5) is 34.4. The predicted octanol–water partition coefficient (Wildman–Crippen LogP) is -0.165. The first-order chi connectivity index (χ1) is 7.50. The van der Waals surface area contributed by atoms with E-state index in [0.29, 0.717) is 0 Å². The number of nitro groups is 1. The molecule has 0 unspecified atom stereocenters. The summed E-state index contributed by atoms with van der Waals surface area (Å²) in [7, 11) is 0. The van der Waals surface area contributed by atoms with Gasteiger partial charge in [-0.15, -0.1) is 0 Å². The number of nitrogens with zero attached hydrogens (tertiary/aromatic N) is 2. The molecule has 8 heteroatoms. The smallest absolute Gasteiger partial charge is 0.362 e. The fraction of sp³-hybridized carbons (Fsp3) is 0. The Balaban J connectivity index is 2.94. The average Bonchev–Trinajstić information content (AvgIpc) is 2.25. The monoisotopic (exact) mass is 223 g/mol. The molecule has 0 atom stereocenters. The van der Waals surface area contributed by atoms with E-state index in [1.165, 1.54) is 6.07 Å². The van der Waals surface area contributed by atoms with E-state index < -0.39 is 16.2 Å². The first-order valence-electron chi connectivity index (χ1n) is 4.13. The fourth-order valence-corrected chi connectivity index (χ4v) is 1.31. The Bertz CT molecular complexity index is 699. The molecule has 1 aromatic carbocycles. The van der Waals surface area contributed by atoms with Crippen molar-refractivity contribution in [2.24, 2.45) is 0 Å². The number of nitro benzene ring substituents is 1. The van der Waals surface area contributed by atoms with E-state index in [9.17, 15) is 19.7 Å². The van der Waals surface area contributed by atoms with Crippen molar-refractivity contribution in [1.29, 1.82) is 0 Å². The quantitative estimate of drug-likeness (QED) is 0.395. The first-order valence-corrected chi connectivity index (χ1v) is 4.13. The van der Waals surface area contributed by atoms with E-state index in [0.717, 1.165) is 12.1 Å². The van der Waals surface area contributed by atoms with Crippen LogP contribution in [0.4, 0.5) is 5.69 Å². The predicted molar refractivity (Wildman–Crippen MR) is 52.7 cm³/mol. The molecule has 0 bridgehead atoms. The molecule has 2 aromatic rings. The average molecular weight is 223 g/mol. The third-order valence-corrected chi connectivity index (χ3v) is 2.07. The van der Waals surface area contributed by atoms with Gasteiger partial charge in [-0.3, -0.25) is 14.9 Å². The molecule has 0 saturated heterocycles. The molecule has 0 amide bonds. The lowest BCUT2D eigenvalue weighted by Gasteiger charge is -1.98. The van der Waals surface area contributed by atoms with Crippen LogP contribution in [0, 0.1) is 10.1 Å². The summed E-state index contributed by atoms with van der Waals surface area (Å²) < 4.78 is -0.133. The minimum absolute atomic E-state index is 0.128. The van der Waals surface area contributed by atoms with Gasteiger partial charge in [0, 0.05) is 12.1 Å². The zero-order valence-electron chi connectivity index (χ0n) is 7.71. The Morgan fingerprint density at radius 1 is 1.38 bits per heavy atom. The molecule has 16 heavy (non-hydrogen) atoms. The summed E-state index contributed by atoms with van der Waals surface area (Å²) in [5, 5.41) is 19.4. The van der Waals surface area contributed by atoms with Crippen molar-refractivity contribution in [3.63, 3.8) is 0 Å². The zero-order valence-corrected chi connectivity index (χ0v) is 7.71. The van der Waals surface area contributed by atoms with E-state index >= 15 is 0 Å². The largest absolute Gasteiger partial charge is 0.421 e. The fourth-order valence-electron chi connectivity index (χ4n) is 1.31. The summed E-state index contributed by atoms with van der Waals surface area (Å²) in [6, 6.07) is 3.37. The van der Waals surface area contributed by atoms with Crippen LogP contribution in [0.5, 0.6) is 0 Å². The van der Waals surface area contributed by atoms with Crippen LogP contribution in [0.1, 0.15) is 0 Å². The second-order valence-corrected chi connectivity index (χ2v) is 3.03. The number of nitrogens with one attached hydrogen (secondary N) is 1. The van der Waals surface area contributed by atoms with Crippen LogP contribution < -0.4 is 11.2 Å². The van der Waals surface area contributed by atoms with Gasteiger partial charge < -0.3 is 10.2 Å². The van der Waals surface area contributed by atoms with Crippen LogP contribution in [0.2, 0.25) is 0 Å². The van der Waals surface area contributed by atoms with E-state index in [-0.39, 0.29) is 21.3 Å². The van der Waals surface area contributed by atoms with Gasteiger partial charge in [0.2, 0.25) is 0 Å². The zero-order chi connectivity index (χ0) is 11.9. The van der Waals surface area contributed by atoms with Crippen LogP contribution in [0.3, 0.4) is 0 Å². The molecule has 1 heterocycles. The van der Waals surface area contributed by atoms with Crippen molar-refractivity contribution in [3.05, 3.63) is 49.2 Å². The van der Waals surface area contributed by atoms with Crippen molar-refractivity contribution in [2.75, 3.05) is 0 Å². The van der Waals surface area contributed by atoms with E-state index in [1.54, 1.807) is 0 Å². The number of benzene rings is 1. The van der Waals surface area contributed by atoms with Crippen molar-refractivity contribution in [2.45, 2.75) is 0 Å². The molecule has 8 nitrogen and oxygen atoms in total. The van der Waals surface area contributed by atoms with E-state index in [1.807, 2.05) is 0 Å². The summed E-state index contributed by atoms with van der Waals surface area (Å²) in [6.07, 6.45) is 0.